The quantitative estimate of drug-likeness (QED) is 0.714. The number of hydrogen-bond acceptors (Lipinski definition) is 5. The predicted molar refractivity (Wildman–Crippen MR) is 89.7 cm³/mol. The summed E-state index contributed by atoms with van der Waals surface area (Å²) in [5.74, 6) is 0.825. The molecule has 0 spiro atoms. The first-order chi connectivity index (χ1) is 10.1. The molecule has 0 aromatic carbocycles. The molecule has 1 unspecified atom stereocenters. The summed E-state index contributed by atoms with van der Waals surface area (Å²) in [6.07, 6.45) is 5.77. The summed E-state index contributed by atoms with van der Waals surface area (Å²) in [4.78, 5) is 13.7. The number of anilines is 1. The van der Waals surface area contributed by atoms with Gasteiger partial charge in [0.15, 0.2) is 0 Å². The highest BCUT2D eigenvalue weighted by molar-refractivity contribution is 5.29. The summed E-state index contributed by atoms with van der Waals surface area (Å²) < 4.78 is 0. The second-order valence-electron chi connectivity index (χ2n) is 5.53. The normalized spacial score (nSPS) is 12.7. The van der Waals surface area contributed by atoms with Gasteiger partial charge in [0.2, 0.25) is 5.95 Å². The number of rotatable bonds is 10. The van der Waals surface area contributed by atoms with Crippen molar-refractivity contribution in [3.05, 3.63) is 18.0 Å². The standard InChI is InChI=1S/C16H31N5/c1-5-20(6-2)9-8-10-21(7-3)16-18-12-15(13-19-16)11-14(4)17/h12-14H,5-11,17H2,1-4H3. The topological polar surface area (TPSA) is 58.3 Å². The Morgan fingerprint density at radius 2 is 1.67 bits per heavy atom. The maximum absolute atomic E-state index is 5.80. The van der Waals surface area contributed by atoms with E-state index < -0.39 is 0 Å². The van der Waals surface area contributed by atoms with Crippen molar-refractivity contribution in [2.45, 2.75) is 46.6 Å². The molecule has 0 bridgehead atoms. The van der Waals surface area contributed by atoms with Crippen LogP contribution in [0.2, 0.25) is 0 Å². The number of nitrogens with two attached hydrogens (primary N) is 1. The molecule has 1 atom stereocenters. The van der Waals surface area contributed by atoms with Gasteiger partial charge in [-0.25, -0.2) is 9.97 Å². The molecule has 0 saturated carbocycles. The lowest BCUT2D eigenvalue weighted by Gasteiger charge is -2.23. The van der Waals surface area contributed by atoms with Crippen molar-refractivity contribution in [1.29, 1.82) is 0 Å². The van der Waals surface area contributed by atoms with E-state index in [-0.39, 0.29) is 6.04 Å². The summed E-state index contributed by atoms with van der Waals surface area (Å²) in [7, 11) is 0. The predicted octanol–water partition coefficient (Wildman–Crippen LogP) is 1.92. The average Bonchev–Trinajstić information content (AvgIpc) is 2.48. The van der Waals surface area contributed by atoms with Gasteiger partial charge in [-0.15, -0.1) is 0 Å². The molecule has 1 rings (SSSR count). The van der Waals surface area contributed by atoms with E-state index in [1.165, 1.54) is 0 Å². The largest absolute Gasteiger partial charge is 0.341 e. The highest BCUT2D eigenvalue weighted by Crippen LogP contribution is 2.09. The third-order valence-corrected chi connectivity index (χ3v) is 3.71. The molecule has 5 nitrogen and oxygen atoms in total. The summed E-state index contributed by atoms with van der Waals surface area (Å²) in [5, 5.41) is 0. The minimum Gasteiger partial charge on any atom is -0.341 e. The van der Waals surface area contributed by atoms with Crippen molar-refractivity contribution in [3.63, 3.8) is 0 Å². The van der Waals surface area contributed by atoms with E-state index >= 15 is 0 Å². The molecular weight excluding hydrogens is 262 g/mol. The highest BCUT2D eigenvalue weighted by Gasteiger charge is 2.08. The summed E-state index contributed by atoms with van der Waals surface area (Å²) in [6.45, 7) is 13.9. The lowest BCUT2D eigenvalue weighted by atomic mass is 10.1. The Bertz CT molecular complexity index is 373. The molecule has 5 heteroatoms. The smallest absolute Gasteiger partial charge is 0.225 e. The summed E-state index contributed by atoms with van der Waals surface area (Å²) in [6, 6.07) is 0.149. The van der Waals surface area contributed by atoms with Gasteiger partial charge in [0, 0.05) is 31.5 Å². The third kappa shape index (κ3) is 6.40. The van der Waals surface area contributed by atoms with Gasteiger partial charge in [0.25, 0.3) is 0 Å². The Labute approximate surface area is 129 Å². The molecular formula is C16H31N5. The van der Waals surface area contributed by atoms with Crippen molar-refractivity contribution in [3.8, 4) is 0 Å². The molecule has 21 heavy (non-hydrogen) atoms. The molecule has 0 aliphatic rings. The van der Waals surface area contributed by atoms with Gasteiger partial charge < -0.3 is 15.5 Å². The van der Waals surface area contributed by atoms with Crippen LogP contribution >= 0.6 is 0 Å². The van der Waals surface area contributed by atoms with Crippen LogP contribution in [0.5, 0.6) is 0 Å². The molecule has 0 aliphatic carbocycles. The Morgan fingerprint density at radius 1 is 1.05 bits per heavy atom. The zero-order valence-corrected chi connectivity index (χ0v) is 14.0. The Balaban J connectivity index is 2.51. The second-order valence-corrected chi connectivity index (χ2v) is 5.53. The van der Waals surface area contributed by atoms with Gasteiger partial charge >= 0.3 is 0 Å². The maximum atomic E-state index is 5.80. The van der Waals surface area contributed by atoms with Crippen LogP contribution in [0, 0.1) is 0 Å². The zero-order valence-electron chi connectivity index (χ0n) is 14.0. The van der Waals surface area contributed by atoms with Gasteiger partial charge in [0.05, 0.1) is 0 Å². The first-order valence-corrected chi connectivity index (χ1v) is 8.14. The molecule has 2 N–H and O–H groups in total. The SMILES string of the molecule is CCN(CC)CCCN(CC)c1ncc(CC(C)N)cn1. The molecule has 1 heterocycles. The number of nitrogens with zero attached hydrogens (tertiary/aromatic N) is 4. The average molecular weight is 293 g/mol. The van der Waals surface area contributed by atoms with Crippen LogP contribution in [0.4, 0.5) is 5.95 Å². The van der Waals surface area contributed by atoms with Crippen LogP contribution in [-0.4, -0.2) is 53.6 Å². The molecule has 0 saturated heterocycles. The third-order valence-electron chi connectivity index (χ3n) is 3.71. The zero-order chi connectivity index (χ0) is 15.7. The molecule has 0 radical (unpaired) electrons. The van der Waals surface area contributed by atoms with Gasteiger partial charge in [-0.3, -0.25) is 0 Å². The van der Waals surface area contributed by atoms with E-state index in [4.69, 9.17) is 5.73 Å². The molecule has 120 valence electrons. The second kappa shape index (κ2) is 9.68. The lowest BCUT2D eigenvalue weighted by molar-refractivity contribution is 0.300. The summed E-state index contributed by atoms with van der Waals surface area (Å²) >= 11 is 0. The molecule has 0 fully saturated rings. The van der Waals surface area contributed by atoms with E-state index in [9.17, 15) is 0 Å². The van der Waals surface area contributed by atoms with Gasteiger partial charge in [0.1, 0.15) is 0 Å². The Kier molecular flexibility index (Phi) is 8.23. The number of hydrogen-bond donors (Lipinski definition) is 1. The van der Waals surface area contributed by atoms with Crippen molar-refractivity contribution >= 4 is 5.95 Å². The van der Waals surface area contributed by atoms with E-state index in [1.54, 1.807) is 0 Å². The fourth-order valence-electron chi connectivity index (χ4n) is 2.41. The van der Waals surface area contributed by atoms with Gasteiger partial charge in [-0.1, -0.05) is 13.8 Å². The van der Waals surface area contributed by atoms with Crippen molar-refractivity contribution in [1.82, 2.24) is 14.9 Å². The van der Waals surface area contributed by atoms with Gasteiger partial charge in [-0.05, 0) is 51.9 Å². The first-order valence-electron chi connectivity index (χ1n) is 8.14. The molecule has 0 aliphatic heterocycles. The number of aromatic nitrogens is 2. The van der Waals surface area contributed by atoms with Crippen molar-refractivity contribution < 1.29 is 0 Å². The Morgan fingerprint density at radius 3 is 2.14 bits per heavy atom. The Hall–Kier alpha value is -1.20. The van der Waals surface area contributed by atoms with E-state index in [2.05, 4.69) is 40.5 Å². The monoisotopic (exact) mass is 293 g/mol. The van der Waals surface area contributed by atoms with E-state index in [1.807, 2.05) is 19.3 Å². The minimum absolute atomic E-state index is 0.149. The van der Waals surface area contributed by atoms with E-state index in [0.29, 0.717) is 0 Å². The minimum atomic E-state index is 0.149. The fraction of sp³-hybridized carbons (Fsp3) is 0.750. The molecule has 1 aromatic rings. The van der Waals surface area contributed by atoms with Crippen LogP contribution < -0.4 is 10.6 Å². The highest BCUT2D eigenvalue weighted by atomic mass is 15.2. The van der Waals surface area contributed by atoms with Crippen molar-refractivity contribution in [2.75, 3.05) is 37.6 Å². The molecule has 1 aromatic heterocycles. The fourth-order valence-corrected chi connectivity index (χ4v) is 2.41. The van der Waals surface area contributed by atoms with Crippen LogP contribution in [0.25, 0.3) is 0 Å². The summed E-state index contributed by atoms with van der Waals surface area (Å²) in [5.41, 5.74) is 6.90. The van der Waals surface area contributed by atoms with Crippen LogP contribution in [0.3, 0.4) is 0 Å². The first kappa shape index (κ1) is 17.9. The lowest BCUT2D eigenvalue weighted by Crippen LogP contribution is -2.31. The van der Waals surface area contributed by atoms with Crippen molar-refractivity contribution in [2.24, 2.45) is 5.73 Å². The van der Waals surface area contributed by atoms with Crippen LogP contribution in [0.15, 0.2) is 12.4 Å². The van der Waals surface area contributed by atoms with Crippen LogP contribution in [-0.2, 0) is 6.42 Å². The maximum Gasteiger partial charge on any atom is 0.225 e. The van der Waals surface area contributed by atoms with Crippen LogP contribution in [0.1, 0.15) is 39.7 Å². The van der Waals surface area contributed by atoms with Gasteiger partial charge in [-0.2, -0.15) is 0 Å². The van der Waals surface area contributed by atoms with E-state index in [0.717, 1.165) is 57.1 Å². The molecule has 0 amide bonds.